The first-order valence-electron chi connectivity index (χ1n) is 5.29. The lowest BCUT2D eigenvalue weighted by Crippen LogP contribution is -2.32. The Balaban J connectivity index is 3.63. The van der Waals surface area contributed by atoms with Gasteiger partial charge in [-0.3, -0.25) is 9.00 Å². The highest BCUT2D eigenvalue weighted by atomic mass is 32.2. The summed E-state index contributed by atoms with van der Waals surface area (Å²) in [5.41, 5.74) is 5.53. The first-order chi connectivity index (χ1) is 6.91. The van der Waals surface area contributed by atoms with Gasteiger partial charge in [0.2, 0.25) is 5.91 Å². The Morgan fingerprint density at radius 1 is 1.40 bits per heavy atom. The van der Waals surface area contributed by atoms with Crippen LogP contribution in [0.25, 0.3) is 0 Å². The minimum atomic E-state index is -1.08. The lowest BCUT2D eigenvalue weighted by atomic mass is 10.2. The van der Waals surface area contributed by atoms with Crippen molar-refractivity contribution in [3.05, 3.63) is 0 Å². The largest absolute Gasteiger partial charge is 0.355 e. The average Bonchev–Trinajstić information content (AvgIpc) is 2.11. The monoisotopic (exact) mass is 234 g/mol. The van der Waals surface area contributed by atoms with Crippen molar-refractivity contribution in [3.8, 4) is 0 Å². The maximum atomic E-state index is 11.4. The smallest absolute Gasteiger partial charge is 0.232 e. The van der Waals surface area contributed by atoms with E-state index in [4.69, 9.17) is 5.73 Å². The standard InChI is InChI=1S/C10H22N2O2S/c1-8(2)6-12-10(13)7-15(14)5-4-9(3)11/h8-9H,4-7,11H2,1-3H3,(H,12,13). The third-order valence-electron chi connectivity index (χ3n) is 1.80. The molecule has 0 rings (SSSR count). The molecule has 0 aromatic heterocycles. The minimum Gasteiger partial charge on any atom is -0.355 e. The van der Waals surface area contributed by atoms with Gasteiger partial charge in [-0.05, 0) is 19.3 Å². The van der Waals surface area contributed by atoms with Gasteiger partial charge in [-0.1, -0.05) is 13.8 Å². The number of amides is 1. The number of hydrogen-bond donors (Lipinski definition) is 2. The number of hydrogen-bond acceptors (Lipinski definition) is 3. The fraction of sp³-hybridized carbons (Fsp3) is 0.900. The fourth-order valence-corrected chi connectivity index (χ4v) is 2.08. The first kappa shape index (κ1) is 14.6. The predicted molar refractivity (Wildman–Crippen MR) is 64.0 cm³/mol. The van der Waals surface area contributed by atoms with Crippen LogP contribution in [0, 0.1) is 5.92 Å². The quantitative estimate of drug-likeness (QED) is 0.663. The van der Waals surface area contributed by atoms with Gasteiger partial charge in [-0.25, -0.2) is 0 Å². The molecule has 1 amide bonds. The second kappa shape index (κ2) is 7.82. The summed E-state index contributed by atoms with van der Waals surface area (Å²) in [4.78, 5) is 11.3. The van der Waals surface area contributed by atoms with Gasteiger partial charge in [0.25, 0.3) is 0 Å². The summed E-state index contributed by atoms with van der Waals surface area (Å²) in [5.74, 6) is 0.893. The molecule has 0 aromatic rings. The number of carbonyl (C=O) groups is 1. The van der Waals surface area contributed by atoms with Crippen LogP contribution in [0.1, 0.15) is 27.2 Å². The summed E-state index contributed by atoms with van der Waals surface area (Å²) in [6, 6.07) is 0.0488. The molecule has 90 valence electrons. The van der Waals surface area contributed by atoms with E-state index in [9.17, 15) is 9.00 Å². The van der Waals surface area contributed by atoms with Gasteiger partial charge in [0.05, 0.1) is 0 Å². The summed E-state index contributed by atoms with van der Waals surface area (Å²) in [5, 5.41) is 2.74. The van der Waals surface area contributed by atoms with E-state index in [0.29, 0.717) is 24.6 Å². The van der Waals surface area contributed by atoms with Crippen LogP contribution in [0.5, 0.6) is 0 Å². The lowest BCUT2D eigenvalue weighted by Gasteiger charge is -2.08. The molecular weight excluding hydrogens is 212 g/mol. The zero-order valence-electron chi connectivity index (χ0n) is 9.79. The molecule has 0 saturated carbocycles. The van der Waals surface area contributed by atoms with Crippen LogP contribution in [0.2, 0.25) is 0 Å². The van der Waals surface area contributed by atoms with Gasteiger partial charge >= 0.3 is 0 Å². The van der Waals surface area contributed by atoms with Gasteiger partial charge in [-0.2, -0.15) is 0 Å². The molecular formula is C10H22N2O2S. The van der Waals surface area contributed by atoms with Crippen LogP contribution < -0.4 is 11.1 Å². The van der Waals surface area contributed by atoms with E-state index in [2.05, 4.69) is 5.32 Å². The summed E-state index contributed by atoms with van der Waals surface area (Å²) < 4.78 is 11.4. The van der Waals surface area contributed by atoms with Crippen molar-refractivity contribution in [1.29, 1.82) is 0 Å². The molecule has 0 aliphatic carbocycles. The predicted octanol–water partition coefficient (Wildman–Crippen LogP) is 0.245. The van der Waals surface area contributed by atoms with Crippen molar-refractivity contribution in [1.82, 2.24) is 5.32 Å². The van der Waals surface area contributed by atoms with Crippen LogP contribution in [-0.2, 0) is 15.6 Å². The van der Waals surface area contributed by atoms with E-state index in [1.54, 1.807) is 0 Å². The number of carbonyl (C=O) groups excluding carboxylic acids is 1. The second-order valence-electron chi connectivity index (χ2n) is 4.25. The Hall–Kier alpha value is -0.420. The Morgan fingerprint density at radius 3 is 2.47 bits per heavy atom. The van der Waals surface area contributed by atoms with Gasteiger partial charge in [0, 0.05) is 29.1 Å². The number of rotatable bonds is 7. The highest BCUT2D eigenvalue weighted by molar-refractivity contribution is 7.85. The zero-order chi connectivity index (χ0) is 11.8. The second-order valence-corrected chi connectivity index (χ2v) is 5.83. The molecule has 0 bridgehead atoms. The van der Waals surface area contributed by atoms with E-state index in [-0.39, 0.29) is 17.7 Å². The van der Waals surface area contributed by atoms with Crippen molar-refractivity contribution in [2.24, 2.45) is 11.7 Å². The van der Waals surface area contributed by atoms with Gasteiger partial charge in [0.1, 0.15) is 5.75 Å². The van der Waals surface area contributed by atoms with Crippen LogP contribution in [-0.4, -0.2) is 34.2 Å². The highest BCUT2D eigenvalue weighted by Crippen LogP contribution is 1.92. The molecule has 0 heterocycles. The first-order valence-corrected chi connectivity index (χ1v) is 6.78. The summed E-state index contributed by atoms with van der Waals surface area (Å²) >= 11 is 0. The molecule has 15 heavy (non-hydrogen) atoms. The highest BCUT2D eigenvalue weighted by Gasteiger charge is 2.08. The average molecular weight is 234 g/mol. The Labute approximate surface area is 94.4 Å². The molecule has 5 heteroatoms. The molecule has 2 unspecified atom stereocenters. The number of nitrogens with two attached hydrogens (primary N) is 1. The Kier molecular flexibility index (Phi) is 7.60. The van der Waals surface area contributed by atoms with Gasteiger partial charge in [-0.15, -0.1) is 0 Å². The van der Waals surface area contributed by atoms with E-state index in [1.807, 2.05) is 20.8 Å². The molecule has 0 fully saturated rings. The van der Waals surface area contributed by atoms with Crippen molar-refractivity contribution >= 4 is 16.7 Å². The van der Waals surface area contributed by atoms with E-state index in [1.165, 1.54) is 0 Å². The minimum absolute atomic E-state index is 0.0488. The molecule has 0 saturated heterocycles. The third-order valence-corrected chi connectivity index (χ3v) is 3.08. The zero-order valence-corrected chi connectivity index (χ0v) is 10.6. The van der Waals surface area contributed by atoms with E-state index in [0.717, 1.165) is 0 Å². The maximum absolute atomic E-state index is 11.4. The Morgan fingerprint density at radius 2 is 2.00 bits per heavy atom. The van der Waals surface area contributed by atoms with Crippen molar-refractivity contribution in [3.63, 3.8) is 0 Å². The summed E-state index contributed by atoms with van der Waals surface area (Å²) in [6.07, 6.45) is 0.698. The normalized spacial score (nSPS) is 15.0. The lowest BCUT2D eigenvalue weighted by molar-refractivity contribution is -0.118. The van der Waals surface area contributed by atoms with E-state index < -0.39 is 10.8 Å². The molecule has 0 radical (unpaired) electrons. The molecule has 3 N–H and O–H groups in total. The van der Waals surface area contributed by atoms with Crippen molar-refractivity contribution in [2.75, 3.05) is 18.1 Å². The molecule has 0 aliphatic rings. The Bertz CT molecular complexity index is 195. The number of nitrogens with one attached hydrogen (secondary N) is 1. The fourth-order valence-electron chi connectivity index (χ4n) is 0.905. The molecule has 0 aromatic carbocycles. The van der Waals surface area contributed by atoms with E-state index >= 15 is 0 Å². The van der Waals surface area contributed by atoms with Crippen molar-refractivity contribution < 1.29 is 9.00 Å². The maximum Gasteiger partial charge on any atom is 0.232 e. The van der Waals surface area contributed by atoms with Gasteiger partial charge in [0.15, 0.2) is 0 Å². The summed E-state index contributed by atoms with van der Waals surface area (Å²) in [7, 11) is -1.08. The van der Waals surface area contributed by atoms with Crippen molar-refractivity contribution in [2.45, 2.75) is 33.2 Å². The molecule has 0 spiro atoms. The van der Waals surface area contributed by atoms with Crippen LogP contribution in [0.3, 0.4) is 0 Å². The molecule has 2 atom stereocenters. The topological polar surface area (TPSA) is 72.2 Å². The molecule has 0 aliphatic heterocycles. The van der Waals surface area contributed by atoms with Gasteiger partial charge < -0.3 is 11.1 Å². The van der Waals surface area contributed by atoms with Crippen LogP contribution in [0.4, 0.5) is 0 Å². The van der Waals surface area contributed by atoms with Crippen LogP contribution >= 0.6 is 0 Å². The summed E-state index contributed by atoms with van der Waals surface area (Å²) in [6.45, 7) is 6.56. The molecule has 4 nitrogen and oxygen atoms in total. The van der Waals surface area contributed by atoms with Crippen LogP contribution in [0.15, 0.2) is 0 Å². The third kappa shape index (κ3) is 9.87. The SMILES string of the molecule is CC(C)CNC(=O)CS(=O)CCC(C)N.